The Kier molecular flexibility index (Phi) is 10.2. The molecule has 8 rings (SSSR count). The van der Waals surface area contributed by atoms with Crippen molar-refractivity contribution in [2.75, 3.05) is 10.6 Å². The van der Waals surface area contributed by atoms with Gasteiger partial charge >= 0.3 is 0 Å². The first-order chi connectivity index (χ1) is 28.7. The fourth-order valence-corrected chi connectivity index (χ4v) is 7.70. The number of anilines is 2. The topological polar surface area (TPSA) is 202 Å². The number of piperidine rings is 1. The highest BCUT2D eigenvalue weighted by Crippen LogP contribution is 2.33. The first kappa shape index (κ1) is 39.5. The van der Waals surface area contributed by atoms with Crippen LogP contribution in [0.25, 0.3) is 21.8 Å². The molecule has 1 saturated heterocycles. The fraction of sp³-hybridized carbons (Fsp3) is 0.227. The molecule has 0 spiro atoms. The minimum atomic E-state index is -1.15. The molecule has 2 aromatic heterocycles. The largest absolute Gasteiger partial charge is 0.435 e. The number of aliphatic hydroxyl groups is 1. The molecule has 0 bridgehead atoms. The van der Waals surface area contributed by atoms with Gasteiger partial charge in [-0.2, -0.15) is 0 Å². The second kappa shape index (κ2) is 15.4. The third kappa shape index (κ3) is 7.10. The van der Waals surface area contributed by atoms with E-state index in [1.807, 2.05) is 26.0 Å². The number of ether oxygens (including phenoxy) is 1. The summed E-state index contributed by atoms with van der Waals surface area (Å²) in [5, 5.41) is 19.7. The van der Waals surface area contributed by atoms with E-state index in [0.717, 1.165) is 28.5 Å². The lowest BCUT2D eigenvalue weighted by molar-refractivity contribution is -0.136. The summed E-state index contributed by atoms with van der Waals surface area (Å²) in [6.45, 7) is 5.48. The van der Waals surface area contributed by atoms with Crippen LogP contribution in [0.5, 0.6) is 11.6 Å². The lowest BCUT2D eigenvalue weighted by atomic mass is 10.0. The molecular formula is C44H38FN7O8. The van der Waals surface area contributed by atoms with Crippen LogP contribution in [0.3, 0.4) is 0 Å². The molecule has 2 unspecified atom stereocenters. The number of amides is 5. The minimum absolute atomic E-state index is 0.00524. The number of rotatable bonds is 10. The van der Waals surface area contributed by atoms with E-state index in [9.17, 15) is 33.9 Å². The van der Waals surface area contributed by atoms with Crippen LogP contribution < -0.4 is 26.1 Å². The molecule has 6 aromatic rings. The van der Waals surface area contributed by atoms with E-state index < -0.39 is 53.1 Å². The van der Waals surface area contributed by atoms with Crippen molar-refractivity contribution in [1.29, 1.82) is 0 Å². The van der Waals surface area contributed by atoms with Crippen molar-refractivity contribution in [3.05, 3.63) is 128 Å². The second-order valence-corrected chi connectivity index (χ2v) is 14.8. The molecule has 0 saturated carbocycles. The maximum atomic E-state index is 15.5. The molecule has 4 heterocycles. The number of hydrogen-bond acceptors (Lipinski definition) is 11. The number of fused-ring (bicyclic) bond motifs is 3. The van der Waals surface area contributed by atoms with Gasteiger partial charge in [0, 0.05) is 48.4 Å². The summed E-state index contributed by atoms with van der Waals surface area (Å²) in [6, 6.07) is 16.3. The Morgan fingerprint density at radius 1 is 0.950 bits per heavy atom. The summed E-state index contributed by atoms with van der Waals surface area (Å²) >= 11 is 0. The summed E-state index contributed by atoms with van der Waals surface area (Å²) in [5.74, 6) is -4.05. The number of pyridine rings is 1. The van der Waals surface area contributed by atoms with Crippen LogP contribution in [0, 0.1) is 19.7 Å². The molecule has 0 aliphatic carbocycles. The number of carbonyl (C=O) groups is 5. The van der Waals surface area contributed by atoms with Gasteiger partial charge in [-0.05, 0) is 98.0 Å². The van der Waals surface area contributed by atoms with Crippen molar-refractivity contribution in [3.8, 4) is 11.6 Å². The van der Waals surface area contributed by atoms with Gasteiger partial charge in [0.15, 0.2) is 11.6 Å². The zero-order chi connectivity index (χ0) is 42.6. The summed E-state index contributed by atoms with van der Waals surface area (Å²) in [6.07, 6.45) is 0.974. The van der Waals surface area contributed by atoms with Crippen LogP contribution in [0.15, 0.2) is 77.9 Å². The van der Waals surface area contributed by atoms with Gasteiger partial charge in [-0.25, -0.2) is 14.4 Å². The first-order valence-electron chi connectivity index (χ1n) is 19.2. The molecule has 4 N–H and O–H groups in total. The standard InChI is InChI=1S/C44H38FN7O8/c1-5-23-6-10-33-30(15-23)39(55)38(22(3)51(33)4)41(57)49-26-8-12-35(31(45)19-26)60-42-29-14-21(2)24(16-32(29)46-20-47-42)17-37(54)48-25-7-9-27-28(18-25)44(59)52(43(27)58)34-11-13-36(53)50-40(34)56/h6-10,12,14-16,18-20,34,37,48,54H,5,11,13,17H2,1-4H3,(H,49,57)(H,50,53,56). The van der Waals surface area contributed by atoms with Crippen molar-refractivity contribution in [2.45, 2.75) is 58.7 Å². The predicted octanol–water partition coefficient (Wildman–Crippen LogP) is 5.22. The number of aromatic nitrogens is 3. The van der Waals surface area contributed by atoms with Crippen molar-refractivity contribution >= 4 is 62.7 Å². The number of nitrogens with one attached hydrogen (secondary N) is 3. The van der Waals surface area contributed by atoms with E-state index in [4.69, 9.17) is 4.74 Å². The summed E-state index contributed by atoms with van der Waals surface area (Å²) < 4.78 is 23.2. The van der Waals surface area contributed by atoms with Gasteiger partial charge in [0.1, 0.15) is 24.2 Å². The Hall–Kier alpha value is -7.33. The monoisotopic (exact) mass is 811 g/mol. The van der Waals surface area contributed by atoms with Gasteiger partial charge in [0.25, 0.3) is 17.7 Å². The SMILES string of the molecule is CCc1ccc2c(c1)c(=O)c(C(=O)Nc1ccc(Oc3ncnc4cc(CC(O)Nc5ccc6c(c5)C(=O)N(C5CCC(=O)NC5=O)C6=O)c(C)cc34)c(F)c1)c(C)n2C. The van der Waals surface area contributed by atoms with Gasteiger partial charge in [-0.1, -0.05) is 13.0 Å². The number of benzene rings is 4. The van der Waals surface area contributed by atoms with E-state index in [-0.39, 0.29) is 53.3 Å². The van der Waals surface area contributed by atoms with Gasteiger partial charge < -0.3 is 25.0 Å². The van der Waals surface area contributed by atoms with Gasteiger partial charge in [-0.15, -0.1) is 0 Å². The third-order valence-corrected chi connectivity index (χ3v) is 11.0. The van der Waals surface area contributed by atoms with Crippen LogP contribution in [0.2, 0.25) is 0 Å². The quantitative estimate of drug-likeness (QED) is 0.104. The molecule has 2 aliphatic heterocycles. The lowest BCUT2D eigenvalue weighted by Crippen LogP contribution is -2.54. The van der Waals surface area contributed by atoms with E-state index in [1.165, 1.54) is 30.6 Å². The molecule has 15 nitrogen and oxygen atoms in total. The number of nitrogens with zero attached hydrogens (tertiary/aromatic N) is 4. The smallest absolute Gasteiger partial charge is 0.262 e. The summed E-state index contributed by atoms with van der Waals surface area (Å²) in [5.41, 5.74) is 4.21. The predicted molar refractivity (Wildman–Crippen MR) is 218 cm³/mol. The number of hydrogen-bond donors (Lipinski definition) is 4. The Morgan fingerprint density at radius 3 is 2.47 bits per heavy atom. The highest BCUT2D eigenvalue weighted by atomic mass is 19.1. The first-order valence-corrected chi connectivity index (χ1v) is 19.2. The highest BCUT2D eigenvalue weighted by molar-refractivity contribution is 6.23. The second-order valence-electron chi connectivity index (χ2n) is 14.8. The number of imide groups is 2. The van der Waals surface area contributed by atoms with Crippen LogP contribution in [0.4, 0.5) is 15.8 Å². The molecule has 304 valence electrons. The zero-order valence-corrected chi connectivity index (χ0v) is 32.9. The molecule has 16 heteroatoms. The maximum absolute atomic E-state index is 15.5. The van der Waals surface area contributed by atoms with E-state index >= 15 is 4.39 Å². The van der Waals surface area contributed by atoms with E-state index in [0.29, 0.717) is 38.8 Å². The van der Waals surface area contributed by atoms with Crippen molar-refractivity contribution in [3.63, 3.8) is 0 Å². The number of aryl methyl sites for hydroxylation is 3. The van der Waals surface area contributed by atoms with Gasteiger partial charge in [0.05, 0.1) is 27.5 Å². The van der Waals surface area contributed by atoms with Crippen LogP contribution in [-0.2, 0) is 29.5 Å². The Balaban J connectivity index is 0.954. The molecule has 1 fully saturated rings. The van der Waals surface area contributed by atoms with Crippen molar-refractivity contribution in [2.24, 2.45) is 7.05 Å². The Morgan fingerprint density at radius 2 is 1.72 bits per heavy atom. The normalized spacial score (nSPS) is 15.6. The van der Waals surface area contributed by atoms with Gasteiger partial charge in [0.2, 0.25) is 23.1 Å². The Labute approximate surface area is 341 Å². The zero-order valence-electron chi connectivity index (χ0n) is 32.9. The number of halogens is 1. The average molecular weight is 812 g/mol. The molecule has 2 aliphatic rings. The summed E-state index contributed by atoms with van der Waals surface area (Å²) in [4.78, 5) is 86.7. The maximum Gasteiger partial charge on any atom is 0.262 e. The molecule has 5 amide bonds. The van der Waals surface area contributed by atoms with E-state index in [1.54, 1.807) is 42.8 Å². The van der Waals surface area contributed by atoms with E-state index in [2.05, 4.69) is 25.9 Å². The van der Waals surface area contributed by atoms with Crippen LogP contribution >= 0.6 is 0 Å². The average Bonchev–Trinajstić information content (AvgIpc) is 3.46. The minimum Gasteiger partial charge on any atom is -0.435 e. The lowest BCUT2D eigenvalue weighted by Gasteiger charge is -2.27. The highest BCUT2D eigenvalue weighted by Gasteiger charge is 2.44. The molecule has 60 heavy (non-hydrogen) atoms. The number of carbonyl (C=O) groups excluding carboxylic acids is 5. The van der Waals surface area contributed by atoms with Crippen molar-refractivity contribution in [1.82, 2.24) is 24.8 Å². The molecule has 4 aromatic carbocycles. The van der Waals surface area contributed by atoms with Crippen LogP contribution in [-0.4, -0.2) is 66.3 Å². The molecule has 0 radical (unpaired) electrons. The Bertz CT molecular complexity index is 2910. The van der Waals surface area contributed by atoms with Gasteiger partial charge in [-0.3, -0.25) is 39.0 Å². The third-order valence-electron chi connectivity index (χ3n) is 11.0. The van der Waals surface area contributed by atoms with Crippen LogP contribution in [0.1, 0.15) is 73.2 Å². The van der Waals surface area contributed by atoms with Crippen molar-refractivity contribution < 1.29 is 38.2 Å². The summed E-state index contributed by atoms with van der Waals surface area (Å²) in [7, 11) is 1.78. The fourth-order valence-electron chi connectivity index (χ4n) is 7.70. The number of aliphatic hydroxyl groups excluding tert-OH is 1. The molecule has 2 atom stereocenters. The molecular weight excluding hydrogens is 774 g/mol.